The van der Waals surface area contributed by atoms with Crippen LogP contribution in [0.1, 0.15) is 11.1 Å². The summed E-state index contributed by atoms with van der Waals surface area (Å²) in [6.07, 6.45) is 3.31. The highest BCUT2D eigenvalue weighted by Crippen LogP contribution is 2.30. The summed E-state index contributed by atoms with van der Waals surface area (Å²) in [4.78, 5) is 13.7. The second-order valence-electron chi connectivity index (χ2n) is 8.69. The van der Waals surface area contributed by atoms with E-state index in [0.717, 1.165) is 37.6 Å². The predicted octanol–water partition coefficient (Wildman–Crippen LogP) is 4.27. The molecule has 5 rings (SSSR count). The van der Waals surface area contributed by atoms with Gasteiger partial charge in [0.1, 0.15) is 11.5 Å². The number of ether oxygens (including phenoxy) is 2. The van der Waals surface area contributed by atoms with Crippen LogP contribution in [0.15, 0.2) is 70.6 Å². The molecule has 0 unspecified atom stereocenters. The van der Waals surface area contributed by atoms with Crippen LogP contribution in [-0.2, 0) is 9.47 Å². The minimum atomic E-state index is 0.168. The molecule has 8 heteroatoms. The minimum absolute atomic E-state index is 0.168. The first-order valence-corrected chi connectivity index (χ1v) is 12.2. The Balaban J connectivity index is 1.37. The number of benzene rings is 3. The number of hydrogen-bond donors (Lipinski definition) is 2. The molecule has 0 atom stereocenters. The van der Waals surface area contributed by atoms with Crippen LogP contribution in [0, 0.1) is 0 Å². The van der Waals surface area contributed by atoms with Crippen molar-refractivity contribution in [2.24, 2.45) is 9.98 Å². The lowest BCUT2D eigenvalue weighted by atomic mass is 10.1. The number of rotatable bonds is 6. The summed E-state index contributed by atoms with van der Waals surface area (Å²) >= 11 is 0. The summed E-state index contributed by atoms with van der Waals surface area (Å²) < 4.78 is 10.9. The van der Waals surface area contributed by atoms with Crippen molar-refractivity contribution in [1.82, 2.24) is 0 Å². The standard InChI is InChI=1S/C28H30N4O4/c33-27-7-5-23(31-9-13-35-14-10-31)17-21(27)19-29-25-3-1-2-4-26(25)30-20-22-18-24(6-8-28(22)34)32-11-15-36-16-12-32/h1-8,17-20,33-34H,9-16H2. The number of anilines is 2. The SMILES string of the molecule is Oc1ccc(N2CCOCC2)cc1C=Nc1ccccc1N=Cc1cc(N2CCOCC2)ccc1O. The molecule has 2 fully saturated rings. The van der Waals surface area contributed by atoms with Crippen LogP contribution in [0.5, 0.6) is 11.5 Å². The molecule has 2 saturated heterocycles. The Morgan fingerprint density at radius 2 is 1.03 bits per heavy atom. The number of aliphatic imine (C=N–C) groups is 2. The van der Waals surface area contributed by atoms with Crippen molar-refractivity contribution < 1.29 is 19.7 Å². The van der Waals surface area contributed by atoms with E-state index in [-0.39, 0.29) is 11.5 Å². The van der Waals surface area contributed by atoms with Gasteiger partial charge in [0, 0.05) is 61.1 Å². The van der Waals surface area contributed by atoms with Crippen LogP contribution >= 0.6 is 0 Å². The molecule has 0 radical (unpaired) electrons. The van der Waals surface area contributed by atoms with Gasteiger partial charge >= 0.3 is 0 Å². The monoisotopic (exact) mass is 486 g/mol. The molecule has 0 bridgehead atoms. The molecule has 0 saturated carbocycles. The number of morpholine rings is 2. The highest BCUT2D eigenvalue weighted by Gasteiger charge is 2.14. The van der Waals surface area contributed by atoms with E-state index in [1.807, 2.05) is 48.5 Å². The third kappa shape index (κ3) is 5.67. The van der Waals surface area contributed by atoms with Gasteiger partial charge in [0.05, 0.1) is 37.8 Å². The quantitative estimate of drug-likeness (QED) is 0.506. The Kier molecular flexibility index (Phi) is 7.44. The Morgan fingerprint density at radius 1 is 0.611 bits per heavy atom. The van der Waals surface area contributed by atoms with Gasteiger partial charge < -0.3 is 29.5 Å². The summed E-state index contributed by atoms with van der Waals surface area (Å²) in [7, 11) is 0. The molecule has 186 valence electrons. The van der Waals surface area contributed by atoms with E-state index in [0.29, 0.717) is 48.9 Å². The summed E-state index contributed by atoms with van der Waals surface area (Å²) in [5.41, 5.74) is 4.64. The highest BCUT2D eigenvalue weighted by atomic mass is 16.5. The average Bonchev–Trinajstić information content (AvgIpc) is 2.93. The molecule has 0 spiro atoms. The third-order valence-electron chi connectivity index (χ3n) is 6.34. The summed E-state index contributed by atoms with van der Waals surface area (Å²) in [6, 6.07) is 18.6. The van der Waals surface area contributed by atoms with Gasteiger partial charge in [-0.15, -0.1) is 0 Å². The maximum absolute atomic E-state index is 10.4. The van der Waals surface area contributed by atoms with Gasteiger partial charge in [0.2, 0.25) is 0 Å². The first kappa shape index (κ1) is 23.8. The van der Waals surface area contributed by atoms with Gasteiger partial charge in [-0.25, -0.2) is 0 Å². The van der Waals surface area contributed by atoms with Gasteiger partial charge in [-0.05, 0) is 48.5 Å². The van der Waals surface area contributed by atoms with E-state index in [2.05, 4.69) is 19.8 Å². The molecule has 0 aliphatic carbocycles. The number of phenols is 2. The Morgan fingerprint density at radius 3 is 1.44 bits per heavy atom. The number of aromatic hydroxyl groups is 2. The van der Waals surface area contributed by atoms with Gasteiger partial charge in [0.25, 0.3) is 0 Å². The molecule has 3 aromatic carbocycles. The Labute approximate surface area is 210 Å². The number of para-hydroxylation sites is 2. The van der Waals surface area contributed by atoms with Crippen molar-refractivity contribution in [3.05, 3.63) is 71.8 Å². The van der Waals surface area contributed by atoms with Crippen LogP contribution in [0.25, 0.3) is 0 Å². The number of nitrogens with zero attached hydrogens (tertiary/aromatic N) is 4. The van der Waals surface area contributed by atoms with Gasteiger partial charge in [0.15, 0.2) is 0 Å². The van der Waals surface area contributed by atoms with Crippen LogP contribution in [-0.4, -0.2) is 75.2 Å². The van der Waals surface area contributed by atoms with Crippen LogP contribution < -0.4 is 9.80 Å². The Bertz CT molecular complexity index is 1150. The van der Waals surface area contributed by atoms with E-state index in [4.69, 9.17) is 9.47 Å². The van der Waals surface area contributed by atoms with Crippen molar-refractivity contribution in [3.63, 3.8) is 0 Å². The van der Waals surface area contributed by atoms with E-state index in [9.17, 15) is 10.2 Å². The molecule has 0 amide bonds. The molecule has 2 heterocycles. The lowest BCUT2D eigenvalue weighted by Gasteiger charge is -2.29. The van der Waals surface area contributed by atoms with Gasteiger partial charge in [-0.2, -0.15) is 0 Å². The van der Waals surface area contributed by atoms with Crippen LogP contribution in [0.3, 0.4) is 0 Å². The molecular formula is C28H30N4O4. The number of hydrogen-bond acceptors (Lipinski definition) is 8. The molecule has 0 aromatic heterocycles. The maximum atomic E-state index is 10.4. The zero-order valence-electron chi connectivity index (χ0n) is 20.1. The van der Waals surface area contributed by atoms with Crippen LogP contribution in [0.4, 0.5) is 22.7 Å². The fourth-order valence-corrected chi connectivity index (χ4v) is 4.29. The lowest BCUT2D eigenvalue weighted by Crippen LogP contribution is -2.36. The topological polar surface area (TPSA) is 90.1 Å². The molecule has 2 aliphatic heterocycles. The normalized spacial score (nSPS) is 16.8. The van der Waals surface area contributed by atoms with E-state index in [1.54, 1.807) is 24.6 Å². The largest absolute Gasteiger partial charge is 0.507 e. The zero-order valence-corrected chi connectivity index (χ0v) is 20.1. The van der Waals surface area contributed by atoms with Gasteiger partial charge in [-0.3, -0.25) is 9.98 Å². The van der Waals surface area contributed by atoms with Crippen LogP contribution in [0.2, 0.25) is 0 Å². The first-order chi connectivity index (χ1) is 17.7. The van der Waals surface area contributed by atoms with Crippen molar-refractivity contribution >= 4 is 35.2 Å². The van der Waals surface area contributed by atoms with Crippen molar-refractivity contribution in [2.75, 3.05) is 62.4 Å². The summed E-state index contributed by atoms with van der Waals surface area (Å²) in [5, 5.41) is 20.8. The molecule has 8 nitrogen and oxygen atoms in total. The van der Waals surface area contributed by atoms with E-state index in [1.165, 1.54) is 0 Å². The summed E-state index contributed by atoms with van der Waals surface area (Å²) in [6.45, 7) is 6.05. The molecular weight excluding hydrogens is 456 g/mol. The highest BCUT2D eigenvalue weighted by molar-refractivity contribution is 5.90. The van der Waals surface area contributed by atoms with Crippen molar-refractivity contribution in [1.29, 1.82) is 0 Å². The fraction of sp³-hybridized carbons (Fsp3) is 0.286. The fourth-order valence-electron chi connectivity index (χ4n) is 4.29. The number of phenolic OH excluding ortho intramolecular Hbond substituents is 2. The second-order valence-corrected chi connectivity index (χ2v) is 8.69. The second kappa shape index (κ2) is 11.2. The van der Waals surface area contributed by atoms with Gasteiger partial charge in [-0.1, -0.05) is 12.1 Å². The van der Waals surface area contributed by atoms with Crippen molar-refractivity contribution in [3.8, 4) is 11.5 Å². The Hall–Kier alpha value is -3.88. The minimum Gasteiger partial charge on any atom is -0.507 e. The first-order valence-electron chi connectivity index (χ1n) is 12.2. The average molecular weight is 487 g/mol. The summed E-state index contributed by atoms with van der Waals surface area (Å²) in [5.74, 6) is 0.336. The van der Waals surface area contributed by atoms with E-state index >= 15 is 0 Å². The molecule has 36 heavy (non-hydrogen) atoms. The molecule has 3 aromatic rings. The zero-order chi connectivity index (χ0) is 24.7. The van der Waals surface area contributed by atoms with Crippen molar-refractivity contribution in [2.45, 2.75) is 0 Å². The maximum Gasteiger partial charge on any atom is 0.124 e. The third-order valence-corrected chi connectivity index (χ3v) is 6.34. The predicted molar refractivity (Wildman–Crippen MR) is 143 cm³/mol. The smallest absolute Gasteiger partial charge is 0.124 e. The lowest BCUT2D eigenvalue weighted by molar-refractivity contribution is 0.122. The molecule has 2 aliphatic rings. The van der Waals surface area contributed by atoms with E-state index < -0.39 is 0 Å². The molecule has 2 N–H and O–H groups in total.